The van der Waals surface area contributed by atoms with Crippen molar-refractivity contribution in [1.82, 2.24) is 9.97 Å². The third kappa shape index (κ3) is 7.24. The minimum atomic E-state index is -0.937. The highest BCUT2D eigenvalue weighted by Crippen LogP contribution is 2.37. The van der Waals surface area contributed by atoms with Crippen LogP contribution >= 0.6 is 0 Å². The van der Waals surface area contributed by atoms with Gasteiger partial charge in [-0.15, -0.1) is 0 Å². The maximum absolute atomic E-state index is 13.6. The summed E-state index contributed by atoms with van der Waals surface area (Å²) in [5.74, 6) is -5.41. The normalized spacial score (nSPS) is 10.5. The fraction of sp³-hybridized carbons (Fsp3) is 0. The zero-order valence-electron chi connectivity index (χ0n) is 23.9. The average molecular weight is 657 g/mol. The Bertz CT molecular complexity index is 1960. The molecule has 0 unspecified atom stereocenters. The molecule has 5 rings (SSSR count). The van der Waals surface area contributed by atoms with Crippen LogP contribution in [0.25, 0.3) is 0 Å². The summed E-state index contributed by atoms with van der Waals surface area (Å²) in [5, 5.41) is 66.7. The van der Waals surface area contributed by atoms with Gasteiger partial charge in [0.1, 0.15) is 11.5 Å². The molecule has 0 saturated heterocycles. The molecule has 0 radical (unpaired) electrons. The minimum Gasteiger partial charge on any atom is -0.504 e. The van der Waals surface area contributed by atoms with Gasteiger partial charge >= 0.3 is 0 Å². The third-order valence-electron chi connectivity index (χ3n) is 6.33. The lowest BCUT2D eigenvalue weighted by atomic mass is 10.1. The number of hydrogen-bond donors (Lipinski definition) is 6. The highest BCUT2D eigenvalue weighted by molar-refractivity contribution is 6.10. The molecule has 0 aliphatic carbocycles. The Balaban J connectivity index is 1.65. The van der Waals surface area contributed by atoms with Crippen LogP contribution in [0, 0.1) is 20.2 Å². The molecule has 18 nitrogen and oxygen atoms in total. The van der Waals surface area contributed by atoms with E-state index in [1.54, 1.807) is 0 Å². The molecule has 2 heterocycles. The van der Waals surface area contributed by atoms with Crippen molar-refractivity contribution in [3.8, 4) is 46.3 Å². The molecule has 48 heavy (non-hydrogen) atoms. The summed E-state index contributed by atoms with van der Waals surface area (Å²) in [4.78, 5) is 56.3. The van der Waals surface area contributed by atoms with Crippen molar-refractivity contribution in [2.45, 2.75) is 0 Å². The Labute approximate surface area is 267 Å². The zero-order valence-corrected chi connectivity index (χ0v) is 23.9. The number of pyridine rings is 2. The Hall–Kier alpha value is -7.50. The summed E-state index contributed by atoms with van der Waals surface area (Å²) in [6.45, 7) is 0. The number of rotatable bonds is 10. The molecule has 0 atom stereocenters. The molecule has 0 bridgehead atoms. The van der Waals surface area contributed by atoms with Crippen molar-refractivity contribution in [1.29, 1.82) is 0 Å². The number of nitrogens with one attached hydrogen (secondary N) is 2. The van der Waals surface area contributed by atoms with E-state index in [1.807, 2.05) is 0 Å². The quantitative estimate of drug-likeness (QED) is 0.0488. The number of ether oxygens (including phenoxy) is 2. The SMILES string of the molecule is O=C(Nc1ccc(O)c(O)c1)c1cc(Oc2cc([N+](=O)[O-])ccn2)c(C(=O)Nc2ccc(O)c(O)c2)cc1Oc1cc([N+](=O)[O-])ccn1. The standard InChI is InChI=1S/C30H20N6O12/c37-21-3-1-15(9-23(21)39)33-29(41)19-13-26(48-28-12-18(36(45)46)6-8-32-28)20(30(42)34-16-2-4-22(38)24(40)10-16)14-25(19)47-27-11-17(35(43)44)5-7-31-27/h1-14,37-40H,(H,33,41)(H,34,42). The second-order valence-corrected chi connectivity index (χ2v) is 9.58. The molecule has 0 spiro atoms. The van der Waals surface area contributed by atoms with Gasteiger partial charge in [-0.25, -0.2) is 9.97 Å². The van der Waals surface area contributed by atoms with E-state index >= 15 is 0 Å². The van der Waals surface area contributed by atoms with Crippen LogP contribution in [0.3, 0.4) is 0 Å². The average Bonchev–Trinajstić information content (AvgIpc) is 3.05. The van der Waals surface area contributed by atoms with Gasteiger partial charge in [-0.1, -0.05) is 0 Å². The topological polar surface area (TPSA) is 270 Å². The summed E-state index contributed by atoms with van der Waals surface area (Å²) < 4.78 is 11.5. The summed E-state index contributed by atoms with van der Waals surface area (Å²) >= 11 is 0. The van der Waals surface area contributed by atoms with E-state index in [0.717, 1.165) is 73.1 Å². The Morgan fingerprint density at radius 2 is 0.979 bits per heavy atom. The molecule has 0 fully saturated rings. The molecule has 5 aromatic rings. The molecule has 0 saturated carbocycles. The van der Waals surface area contributed by atoms with Crippen LogP contribution in [-0.4, -0.2) is 52.1 Å². The van der Waals surface area contributed by atoms with Gasteiger partial charge in [0.15, 0.2) is 23.0 Å². The minimum absolute atomic E-state index is 0.00602. The smallest absolute Gasteiger partial charge is 0.276 e. The van der Waals surface area contributed by atoms with Gasteiger partial charge in [-0.05, 0) is 36.4 Å². The monoisotopic (exact) mass is 656 g/mol. The number of phenolic OH excluding ortho intramolecular Hbond substituents is 4. The van der Waals surface area contributed by atoms with Crippen molar-refractivity contribution in [2.75, 3.05) is 10.6 Å². The van der Waals surface area contributed by atoms with Gasteiger partial charge in [-0.3, -0.25) is 29.8 Å². The van der Waals surface area contributed by atoms with E-state index in [1.165, 1.54) is 12.1 Å². The van der Waals surface area contributed by atoms with E-state index in [0.29, 0.717) is 0 Å². The number of amides is 2. The molecule has 2 aromatic heterocycles. The second-order valence-electron chi connectivity index (χ2n) is 9.58. The third-order valence-corrected chi connectivity index (χ3v) is 6.33. The lowest BCUT2D eigenvalue weighted by Gasteiger charge is -2.17. The number of hydrogen-bond acceptors (Lipinski definition) is 14. The van der Waals surface area contributed by atoms with Crippen molar-refractivity contribution < 1.29 is 49.3 Å². The van der Waals surface area contributed by atoms with Crippen LogP contribution in [0.1, 0.15) is 20.7 Å². The number of nitrogens with zero attached hydrogens (tertiary/aromatic N) is 4. The Morgan fingerprint density at radius 3 is 1.33 bits per heavy atom. The molecule has 18 heteroatoms. The maximum atomic E-state index is 13.6. The summed E-state index contributed by atoms with van der Waals surface area (Å²) in [6, 6.07) is 12.9. The lowest BCUT2D eigenvalue weighted by molar-refractivity contribution is -0.385. The first-order valence-corrected chi connectivity index (χ1v) is 13.3. The van der Waals surface area contributed by atoms with Crippen LogP contribution in [0.15, 0.2) is 85.2 Å². The van der Waals surface area contributed by atoms with Crippen LogP contribution in [0.2, 0.25) is 0 Å². The Morgan fingerprint density at radius 1 is 0.583 bits per heavy atom. The van der Waals surface area contributed by atoms with Gasteiger partial charge in [0.2, 0.25) is 11.8 Å². The summed E-state index contributed by atoms with van der Waals surface area (Å²) in [7, 11) is 0. The molecule has 6 N–H and O–H groups in total. The number of carbonyl (C=O) groups excluding carboxylic acids is 2. The first kappa shape index (κ1) is 31.9. The maximum Gasteiger partial charge on any atom is 0.276 e. The lowest BCUT2D eigenvalue weighted by Crippen LogP contribution is -2.17. The van der Waals surface area contributed by atoms with Gasteiger partial charge in [0.25, 0.3) is 23.2 Å². The molecule has 2 amide bonds. The van der Waals surface area contributed by atoms with Gasteiger partial charge < -0.3 is 40.5 Å². The summed E-state index contributed by atoms with van der Waals surface area (Å²) in [5.41, 5.74) is -1.54. The molecule has 3 aromatic carbocycles. The molecule has 0 aliphatic rings. The first-order valence-electron chi connectivity index (χ1n) is 13.3. The second kappa shape index (κ2) is 13.2. The van der Waals surface area contributed by atoms with E-state index in [-0.39, 0.29) is 45.8 Å². The van der Waals surface area contributed by atoms with Gasteiger partial charge in [0, 0.05) is 48.0 Å². The van der Waals surface area contributed by atoms with Crippen molar-refractivity contribution in [3.63, 3.8) is 0 Å². The first-order chi connectivity index (χ1) is 22.9. The van der Waals surface area contributed by atoms with E-state index in [9.17, 15) is 50.2 Å². The fourth-order valence-electron chi connectivity index (χ4n) is 4.05. The van der Waals surface area contributed by atoms with E-state index < -0.39 is 56.0 Å². The highest BCUT2D eigenvalue weighted by atomic mass is 16.6. The summed E-state index contributed by atoms with van der Waals surface area (Å²) in [6.07, 6.45) is 2.14. The largest absolute Gasteiger partial charge is 0.504 e. The van der Waals surface area contributed by atoms with Crippen molar-refractivity contribution >= 4 is 34.6 Å². The number of nitro groups is 2. The fourth-order valence-corrected chi connectivity index (χ4v) is 4.05. The predicted molar refractivity (Wildman–Crippen MR) is 164 cm³/mol. The van der Waals surface area contributed by atoms with E-state index in [4.69, 9.17) is 9.47 Å². The van der Waals surface area contributed by atoms with Crippen molar-refractivity contribution in [2.24, 2.45) is 0 Å². The number of anilines is 2. The number of aromatic nitrogens is 2. The predicted octanol–water partition coefficient (Wildman–Crippen LogP) is 5.20. The highest BCUT2D eigenvalue weighted by Gasteiger charge is 2.25. The number of carbonyl (C=O) groups is 2. The van der Waals surface area contributed by atoms with Gasteiger partial charge in [-0.2, -0.15) is 0 Å². The molecular weight excluding hydrogens is 636 g/mol. The number of aromatic hydroxyl groups is 4. The molecule has 242 valence electrons. The molecular formula is C30H20N6O12. The van der Waals surface area contributed by atoms with Crippen LogP contribution in [0.4, 0.5) is 22.7 Å². The van der Waals surface area contributed by atoms with E-state index in [2.05, 4.69) is 20.6 Å². The van der Waals surface area contributed by atoms with Gasteiger partial charge in [0.05, 0.1) is 33.1 Å². The molecule has 0 aliphatic heterocycles. The zero-order chi connectivity index (χ0) is 34.5. The number of phenols is 4. The van der Waals surface area contributed by atoms with Crippen LogP contribution in [-0.2, 0) is 0 Å². The number of benzene rings is 3. The Kier molecular flexibility index (Phi) is 8.80. The van der Waals surface area contributed by atoms with Crippen LogP contribution < -0.4 is 20.1 Å². The van der Waals surface area contributed by atoms with Crippen molar-refractivity contribution in [3.05, 3.63) is 117 Å². The van der Waals surface area contributed by atoms with Crippen LogP contribution in [0.5, 0.6) is 46.3 Å².